The Morgan fingerprint density at radius 2 is 2.12 bits per heavy atom. The maximum atomic E-state index is 10.8. The zero-order valence-corrected chi connectivity index (χ0v) is 11.3. The largest absolute Gasteiger partial charge is 0.303 e. The Kier molecular flexibility index (Phi) is 4.76. The normalized spacial score (nSPS) is 22.0. The van der Waals surface area contributed by atoms with Crippen molar-refractivity contribution in [3.63, 3.8) is 0 Å². The van der Waals surface area contributed by atoms with Crippen molar-refractivity contribution in [3.8, 4) is 0 Å². The van der Waals surface area contributed by atoms with Crippen LogP contribution >= 0.6 is 0 Å². The first-order valence-electron chi connectivity index (χ1n) is 6.65. The van der Waals surface area contributed by atoms with Gasteiger partial charge in [0.05, 0.1) is 0 Å². The van der Waals surface area contributed by atoms with Crippen molar-refractivity contribution in [3.05, 3.63) is 11.1 Å². The fourth-order valence-corrected chi connectivity index (χ4v) is 2.92. The number of hydrogen-bond donors (Lipinski definition) is 0. The molecule has 92 valence electrons. The highest BCUT2D eigenvalue weighted by atomic mass is 16.1. The number of carbonyl (C=O) groups is 1. The van der Waals surface area contributed by atoms with Crippen molar-refractivity contribution in [2.45, 2.75) is 66.2 Å². The highest BCUT2D eigenvalue weighted by Gasteiger charge is 2.28. The third kappa shape index (κ3) is 3.20. The lowest BCUT2D eigenvalue weighted by Crippen LogP contribution is -2.21. The minimum Gasteiger partial charge on any atom is -0.303 e. The van der Waals surface area contributed by atoms with Gasteiger partial charge in [-0.3, -0.25) is 0 Å². The van der Waals surface area contributed by atoms with E-state index in [4.69, 9.17) is 0 Å². The Bertz CT molecular complexity index is 273. The lowest BCUT2D eigenvalue weighted by atomic mass is 9.70. The van der Waals surface area contributed by atoms with Crippen LogP contribution in [0.1, 0.15) is 66.2 Å². The van der Waals surface area contributed by atoms with Gasteiger partial charge >= 0.3 is 0 Å². The third-order valence-corrected chi connectivity index (χ3v) is 4.17. The summed E-state index contributed by atoms with van der Waals surface area (Å²) in [5.74, 6) is 0.262. The van der Waals surface area contributed by atoms with Crippen LogP contribution in [0.25, 0.3) is 0 Å². The first-order valence-corrected chi connectivity index (χ1v) is 6.65. The molecule has 0 aromatic carbocycles. The van der Waals surface area contributed by atoms with Crippen molar-refractivity contribution in [1.29, 1.82) is 0 Å². The zero-order valence-electron chi connectivity index (χ0n) is 11.3. The minimum absolute atomic E-state index is 0.262. The number of rotatable bonds is 5. The average molecular weight is 222 g/mol. The SMILES string of the molecule is CCC(C=O)CCC1=C(C)CCCC1(C)C. The van der Waals surface area contributed by atoms with Crippen molar-refractivity contribution in [1.82, 2.24) is 0 Å². The van der Waals surface area contributed by atoms with Crippen LogP contribution < -0.4 is 0 Å². The van der Waals surface area contributed by atoms with Crippen molar-refractivity contribution in [2.24, 2.45) is 11.3 Å². The zero-order chi connectivity index (χ0) is 12.2. The van der Waals surface area contributed by atoms with Crippen LogP contribution in [-0.2, 0) is 4.79 Å². The predicted octanol–water partition coefficient (Wildman–Crippen LogP) is 4.52. The van der Waals surface area contributed by atoms with Gasteiger partial charge in [-0.15, -0.1) is 0 Å². The summed E-state index contributed by atoms with van der Waals surface area (Å²) in [6.45, 7) is 9.09. The topological polar surface area (TPSA) is 17.1 Å². The van der Waals surface area contributed by atoms with Gasteiger partial charge in [0.15, 0.2) is 0 Å². The molecule has 1 rings (SSSR count). The first kappa shape index (κ1) is 13.5. The van der Waals surface area contributed by atoms with E-state index in [-0.39, 0.29) is 5.92 Å². The summed E-state index contributed by atoms with van der Waals surface area (Å²) < 4.78 is 0. The second-order valence-electron chi connectivity index (χ2n) is 5.84. The first-order chi connectivity index (χ1) is 7.51. The van der Waals surface area contributed by atoms with Gasteiger partial charge in [-0.1, -0.05) is 31.9 Å². The van der Waals surface area contributed by atoms with E-state index >= 15 is 0 Å². The number of aldehydes is 1. The Hall–Kier alpha value is -0.590. The standard InChI is InChI=1S/C15H26O/c1-5-13(11-16)8-9-14-12(2)7-6-10-15(14,3)4/h11,13H,5-10H2,1-4H3. The van der Waals surface area contributed by atoms with E-state index in [1.54, 1.807) is 11.1 Å². The number of allylic oxidation sites excluding steroid dienone is 2. The molecule has 1 unspecified atom stereocenters. The van der Waals surface area contributed by atoms with Gasteiger partial charge in [0, 0.05) is 5.92 Å². The van der Waals surface area contributed by atoms with Crippen molar-refractivity contribution < 1.29 is 4.79 Å². The second-order valence-corrected chi connectivity index (χ2v) is 5.84. The lowest BCUT2D eigenvalue weighted by molar-refractivity contribution is -0.111. The van der Waals surface area contributed by atoms with Gasteiger partial charge in [-0.05, 0) is 50.9 Å². The fraction of sp³-hybridized carbons (Fsp3) is 0.800. The maximum absolute atomic E-state index is 10.8. The monoisotopic (exact) mass is 222 g/mol. The number of carbonyl (C=O) groups excluding carboxylic acids is 1. The van der Waals surface area contributed by atoms with Crippen LogP contribution in [0.15, 0.2) is 11.1 Å². The molecule has 0 aromatic heterocycles. The molecular weight excluding hydrogens is 196 g/mol. The Morgan fingerprint density at radius 3 is 2.62 bits per heavy atom. The predicted molar refractivity (Wildman–Crippen MR) is 69.4 cm³/mol. The Balaban J connectivity index is 2.66. The quantitative estimate of drug-likeness (QED) is 0.494. The molecule has 0 bridgehead atoms. The van der Waals surface area contributed by atoms with Crippen LogP contribution in [-0.4, -0.2) is 6.29 Å². The highest BCUT2D eigenvalue weighted by Crippen LogP contribution is 2.42. The van der Waals surface area contributed by atoms with Gasteiger partial charge in [0.1, 0.15) is 6.29 Å². The third-order valence-electron chi connectivity index (χ3n) is 4.17. The van der Waals surface area contributed by atoms with Crippen LogP contribution in [0.3, 0.4) is 0 Å². The molecule has 1 aliphatic carbocycles. The van der Waals surface area contributed by atoms with E-state index in [0.717, 1.165) is 25.5 Å². The summed E-state index contributed by atoms with van der Waals surface area (Å²) in [7, 11) is 0. The van der Waals surface area contributed by atoms with E-state index in [0.29, 0.717) is 5.41 Å². The van der Waals surface area contributed by atoms with Gasteiger partial charge in [-0.2, -0.15) is 0 Å². The van der Waals surface area contributed by atoms with Crippen LogP contribution in [0, 0.1) is 11.3 Å². The summed E-state index contributed by atoms with van der Waals surface area (Å²) >= 11 is 0. The van der Waals surface area contributed by atoms with Crippen LogP contribution in [0.2, 0.25) is 0 Å². The van der Waals surface area contributed by atoms with Crippen LogP contribution in [0.5, 0.6) is 0 Å². The molecule has 0 N–H and O–H groups in total. The summed E-state index contributed by atoms with van der Waals surface area (Å²) in [6.07, 6.45) is 8.16. The molecule has 0 fully saturated rings. The molecule has 0 aliphatic heterocycles. The van der Waals surface area contributed by atoms with Crippen molar-refractivity contribution >= 4 is 6.29 Å². The van der Waals surface area contributed by atoms with Crippen molar-refractivity contribution in [2.75, 3.05) is 0 Å². The second kappa shape index (κ2) is 5.65. The molecule has 1 atom stereocenters. The molecule has 0 radical (unpaired) electrons. The average Bonchev–Trinajstić information content (AvgIpc) is 2.22. The summed E-state index contributed by atoms with van der Waals surface area (Å²) in [5.41, 5.74) is 3.57. The molecule has 0 saturated heterocycles. The summed E-state index contributed by atoms with van der Waals surface area (Å²) in [6, 6.07) is 0. The molecule has 0 saturated carbocycles. The smallest absolute Gasteiger partial charge is 0.123 e. The molecule has 16 heavy (non-hydrogen) atoms. The van der Waals surface area contributed by atoms with E-state index in [2.05, 4.69) is 27.7 Å². The molecule has 0 heterocycles. The lowest BCUT2D eigenvalue weighted by Gasteiger charge is -2.35. The highest BCUT2D eigenvalue weighted by molar-refractivity contribution is 5.53. The Labute approximate surface area is 100 Å². The number of hydrogen-bond acceptors (Lipinski definition) is 1. The summed E-state index contributed by atoms with van der Waals surface area (Å²) in [4.78, 5) is 10.8. The van der Waals surface area contributed by atoms with E-state index < -0.39 is 0 Å². The molecule has 1 aliphatic rings. The molecule has 1 heteroatoms. The van der Waals surface area contributed by atoms with E-state index in [9.17, 15) is 4.79 Å². The van der Waals surface area contributed by atoms with Gasteiger partial charge in [0.25, 0.3) is 0 Å². The molecule has 0 aromatic rings. The molecule has 0 amide bonds. The maximum Gasteiger partial charge on any atom is 0.123 e. The van der Waals surface area contributed by atoms with E-state index in [1.807, 2.05) is 0 Å². The molecule has 0 spiro atoms. The Morgan fingerprint density at radius 1 is 1.44 bits per heavy atom. The molecular formula is C15H26O. The van der Waals surface area contributed by atoms with Crippen LogP contribution in [0.4, 0.5) is 0 Å². The van der Waals surface area contributed by atoms with Gasteiger partial charge in [0.2, 0.25) is 0 Å². The summed E-state index contributed by atoms with van der Waals surface area (Å²) in [5, 5.41) is 0. The van der Waals surface area contributed by atoms with Gasteiger partial charge in [-0.25, -0.2) is 0 Å². The van der Waals surface area contributed by atoms with E-state index in [1.165, 1.54) is 19.3 Å². The fourth-order valence-electron chi connectivity index (χ4n) is 2.92. The van der Waals surface area contributed by atoms with Gasteiger partial charge < -0.3 is 4.79 Å². The minimum atomic E-state index is 0.262. The molecule has 1 nitrogen and oxygen atoms in total.